The van der Waals surface area contributed by atoms with Crippen LogP contribution in [-0.2, 0) is 4.43 Å². The summed E-state index contributed by atoms with van der Waals surface area (Å²) < 4.78 is 32.9. The molecule has 1 fully saturated rings. The zero-order valence-corrected chi connectivity index (χ0v) is 17.6. The van der Waals surface area contributed by atoms with Gasteiger partial charge in [0.2, 0.25) is 0 Å². The van der Waals surface area contributed by atoms with Crippen molar-refractivity contribution >= 4 is 31.5 Å². The van der Waals surface area contributed by atoms with E-state index in [9.17, 15) is 8.78 Å². The molecule has 0 aromatic carbocycles. The number of nitrogens with zero attached hydrogens (tertiary/aromatic N) is 1. The predicted octanol–water partition coefficient (Wildman–Crippen LogP) is 7.28. The van der Waals surface area contributed by atoms with E-state index in [0.29, 0.717) is 29.3 Å². The summed E-state index contributed by atoms with van der Waals surface area (Å²) in [6.45, 7) is 6.49. The van der Waals surface area contributed by atoms with Crippen LogP contribution in [-0.4, -0.2) is 19.2 Å². The molecule has 0 radical (unpaired) electrons. The summed E-state index contributed by atoms with van der Waals surface area (Å²) in [5.74, 6) is -2.93. The van der Waals surface area contributed by atoms with Crippen molar-refractivity contribution in [3.05, 3.63) is 28.0 Å². The maximum absolute atomic E-state index is 13.1. The summed E-state index contributed by atoms with van der Waals surface area (Å²) in [6, 6.07) is 3.03. The van der Waals surface area contributed by atoms with E-state index < -0.39 is 20.2 Å². The average Bonchev–Trinajstić information content (AvgIpc) is 3.19. The third kappa shape index (κ3) is 5.15. The smallest absolute Gasteiger partial charge is 0.251 e. The number of hydrogen-bond donors (Lipinski definition) is 0. The molecule has 1 aromatic heterocycles. The zero-order chi connectivity index (χ0) is 18.7. The van der Waals surface area contributed by atoms with Gasteiger partial charge in [0.05, 0.1) is 16.1 Å². The number of pyridine rings is 1. The van der Waals surface area contributed by atoms with Gasteiger partial charge in [0.25, 0.3) is 5.92 Å². The normalized spacial score (nSPS) is 20.5. The highest BCUT2D eigenvalue weighted by molar-refractivity contribution is 6.73. The lowest BCUT2D eigenvalue weighted by Crippen LogP contribution is -2.37. The second-order valence-electron chi connectivity index (χ2n) is 6.96. The molecule has 1 heterocycles. The first kappa shape index (κ1) is 21.1. The van der Waals surface area contributed by atoms with Crippen molar-refractivity contribution < 1.29 is 13.2 Å². The molecule has 0 amide bonds. The van der Waals surface area contributed by atoms with Crippen LogP contribution < -0.4 is 0 Å². The van der Waals surface area contributed by atoms with Gasteiger partial charge >= 0.3 is 0 Å². The fraction of sp³-hybridized carbons (Fsp3) is 0.722. The van der Waals surface area contributed by atoms with Crippen LogP contribution in [0.2, 0.25) is 28.2 Å². The molecule has 1 aromatic rings. The Morgan fingerprint density at radius 1 is 1.20 bits per heavy atom. The Hall–Kier alpha value is -0.233. The van der Waals surface area contributed by atoms with Crippen molar-refractivity contribution in [1.82, 2.24) is 4.98 Å². The zero-order valence-electron chi connectivity index (χ0n) is 15.1. The van der Waals surface area contributed by atoms with Crippen molar-refractivity contribution in [2.75, 3.05) is 0 Å². The van der Waals surface area contributed by atoms with E-state index in [1.807, 2.05) is 0 Å². The first-order chi connectivity index (χ1) is 11.8. The van der Waals surface area contributed by atoms with E-state index in [0.717, 1.165) is 23.7 Å². The Labute approximate surface area is 160 Å². The Bertz CT molecular complexity index is 556. The van der Waals surface area contributed by atoms with Gasteiger partial charge in [-0.25, -0.2) is 8.78 Å². The Morgan fingerprint density at radius 2 is 1.72 bits per heavy atom. The number of hydrogen-bond acceptors (Lipinski definition) is 2. The van der Waals surface area contributed by atoms with Crippen LogP contribution in [0.25, 0.3) is 0 Å². The second kappa shape index (κ2) is 8.64. The molecule has 2 nitrogen and oxygen atoms in total. The number of rotatable bonds is 10. The summed E-state index contributed by atoms with van der Waals surface area (Å²) in [5.41, 5.74) is 0.758. The quantitative estimate of drug-likeness (QED) is 0.378. The number of halogens is 4. The van der Waals surface area contributed by atoms with Gasteiger partial charge in [-0.2, -0.15) is 0 Å². The molecule has 7 heteroatoms. The maximum Gasteiger partial charge on any atom is 0.251 e. The molecule has 2 rings (SSSR count). The lowest BCUT2D eigenvalue weighted by molar-refractivity contribution is 0.0946. The van der Waals surface area contributed by atoms with Crippen molar-refractivity contribution in [3.63, 3.8) is 0 Å². The van der Waals surface area contributed by atoms with Crippen molar-refractivity contribution in [2.45, 2.75) is 76.6 Å². The first-order valence-electron chi connectivity index (χ1n) is 9.13. The average molecular weight is 410 g/mol. The van der Waals surface area contributed by atoms with Gasteiger partial charge in [0.1, 0.15) is 0 Å². The van der Waals surface area contributed by atoms with Crippen LogP contribution in [0.5, 0.6) is 0 Å². The SMILES string of the molecule is CC[Si](CC)(CC)OC(CCC[C@@H]1CC1(F)F)c1c(Cl)cncc1Cl. The monoisotopic (exact) mass is 409 g/mol. The standard InChI is InChI=1S/C18H27Cl2F2NOSi/c1-4-25(5-2,6-3)24-16(9-7-8-13-10-18(13,21)22)17-14(19)11-23-12-15(17)20/h11-13,16H,4-10H2,1-3H3/t13-,16?/m1/s1. The molecular weight excluding hydrogens is 383 g/mol. The Balaban J connectivity index is 2.16. The van der Waals surface area contributed by atoms with Gasteiger partial charge in [0, 0.05) is 30.3 Å². The summed E-state index contributed by atoms with van der Waals surface area (Å²) in [7, 11) is -1.88. The summed E-state index contributed by atoms with van der Waals surface area (Å²) in [5, 5.41) is 0.973. The summed E-state index contributed by atoms with van der Waals surface area (Å²) in [6.07, 6.45) is 4.77. The molecule has 1 aliphatic rings. The molecule has 1 aliphatic carbocycles. The van der Waals surface area contributed by atoms with Gasteiger partial charge in [-0.3, -0.25) is 4.98 Å². The lowest BCUT2D eigenvalue weighted by Gasteiger charge is -2.34. The molecule has 1 unspecified atom stereocenters. The van der Waals surface area contributed by atoms with Gasteiger partial charge in [-0.05, 0) is 31.0 Å². The van der Waals surface area contributed by atoms with Crippen LogP contribution >= 0.6 is 23.2 Å². The highest BCUT2D eigenvalue weighted by atomic mass is 35.5. The van der Waals surface area contributed by atoms with E-state index in [2.05, 4.69) is 25.8 Å². The van der Waals surface area contributed by atoms with E-state index >= 15 is 0 Å². The van der Waals surface area contributed by atoms with Crippen molar-refractivity contribution in [2.24, 2.45) is 5.92 Å². The molecule has 0 N–H and O–H groups in total. The molecule has 0 bridgehead atoms. The Kier molecular flexibility index (Phi) is 7.28. The second-order valence-corrected chi connectivity index (χ2v) is 12.5. The molecule has 0 spiro atoms. The van der Waals surface area contributed by atoms with Crippen LogP contribution in [0.4, 0.5) is 8.78 Å². The molecular formula is C18H27Cl2F2NOSi. The van der Waals surface area contributed by atoms with Gasteiger partial charge in [-0.15, -0.1) is 0 Å². The first-order valence-corrected chi connectivity index (χ1v) is 12.4. The number of alkyl halides is 2. The summed E-state index contributed by atoms with van der Waals surface area (Å²) in [4.78, 5) is 4.01. The molecule has 25 heavy (non-hydrogen) atoms. The van der Waals surface area contributed by atoms with Crippen LogP contribution in [0.15, 0.2) is 12.4 Å². The molecule has 142 valence electrons. The Morgan fingerprint density at radius 3 is 2.16 bits per heavy atom. The van der Waals surface area contributed by atoms with E-state index in [4.69, 9.17) is 27.6 Å². The summed E-state index contributed by atoms with van der Waals surface area (Å²) >= 11 is 12.7. The molecule has 2 atom stereocenters. The molecule has 0 saturated heterocycles. The van der Waals surface area contributed by atoms with E-state index in [1.54, 1.807) is 12.4 Å². The van der Waals surface area contributed by atoms with E-state index in [1.165, 1.54) is 0 Å². The number of aromatic nitrogens is 1. The van der Waals surface area contributed by atoms with Crippen molar-refractivity contribution in [1.29, 1.82) is 0 Å². The largest absolute Gasteiger partial charge is 0.410 e. The minimum Gasteiger partial charge on any atom is -0.410 e. The van der Waals surface area contributed by atoms with Crippen LogP contribution in [0.1, 0.15) is 58.1 Å². The minimum atomic E-state index is -2.46. The topological polar surface area (TPSA) is 22.1 Å². The fourth-order valence-electron chi connectivity index (χ4n) is 3.43. The minimum absolute atomic E-state index is 0.0207. The van der Waals surface area contributed by atoms with Gasteiger partial charge in [0.15, 0.2) is 8.32 Å². The van der Waals surface area contributed by atoms with Gasteiger partial charge < -0.3 is 4.43 Å². The van der Waals surface area contributed by atoms with Gasteiger partial charge in [-0.1, -0.05) is 50.4 Å². The fourth-order valence-corrected chi connectivity index (χ4v) is 6.87. The van der Waals surface area contributed by atoms with Crippen LogP contribution in [0, 0.1) is 5.92 Å². The van der Waals surface area contributed by atoms with Crippen molar-refractivity contribution in [3.8, 4) is 0 Å². The third-order valence-corrected chi connectivity index (χ3v) is 10.8. The lowest BCUT2D eigenvalue weighted by atomic mass is 10.0. The third-order valence-electron chi connectivity index (χ3n) is 5.51. The van der Waals surface area contributed by atoms with Crippen LogP contribution in [0.3, 0.4) is 0 Å². The van der Waals surface area contributed by atoms with E-state index in [-0.39, 0.29) is 12.5 Å². The predicted molar refractivity (Wildman–Crippen MR) is 102 cm³/mol. The highest BCUT2D eigenvalue weighted by Crippen LogP contribution is 2.52. The highest BCUT2D eigenvalue weighted by Gasteiger charge is 2.55. The molecule has 1 saturated carbocycles. The maximum atomic E-state index is 13.1. The molecule has 0 aliphatic heterocycles.